The topological polar surface area (TPSA) is 17.1 Å². The van der Waals surface area contributed by atoms with E-state index >= 15 is 0 Å². The molecule has 80 valence electrons. The van der Waals surface area contributed by atoms with Crippen LogP contribution in [-0.4, -0.2) is 10.6 Å². The van der Waals surface area contributed by atoms with Gasteiger partial charge in [0.05, 0.1) is 0 Å². The Morgan fingerprint density at radius 2 is 2.20 bits per heavy atom. The van der Waals surface area contributed by atoms with E-state index in [2.05, 4.69) is 28.1 Å². The van der Waals surface area contributed by atoms with Gasteiger partial charge in [-0.2, -0.15) is 0 Å². The monoisotopic (exact) mass is 266 g/mol. The van der Waals surface area contributed by atoms with Gasteiger partial charge in [0.25, 0.3) is 0 Å². The lowest BCUT2D eigenvalue weighted by Crippen LogP contribution is -2.18. The molecular weight excluding hydrogens is 252 g/mol. The summed E-state index contributed by atoms with van der Waals surface area (Å²) < 4.78 is 0. The van der Waals surface area contributed by atoms with Gasteiger partial charge in [-0.25, -0.2) is 0 Å². The van der Waals surface area contributed by atoms with Gasteiger partial charge >= 0.3 is 0 Å². The van der Waals surface area contributed by atoms with Gasteiger partial charge in [0.15, 0.2) is 5.78 Å². The molecule has 0 aromatic rings. The van der Waals surface area contributed by atoms with Gasteiger partial charge in [-0.3, -0.25) is 4.79 Å². The lowest BCUT2D eigenvalue weighted by molar-refractivity contribution is -0.118. The molecule has 0 amide bonds. The molecule has 0 saturated carbocycles. The van der Waals surface area contributed by atoms with E-state index < -0.39 is 0 Å². The first-order valence-electron chi connectivity index (χ1n) is 5.84. The molecule has 2 heteroatoms. The molecule has 0 aliphatic heterocycles. The van der Waals surface area contributed by atoms with Crippen LogP contribution in [0.3, 0.4) is 0 Å². The first-order valence-corrected chi connectivity index (χ1v) is 6.76. The van der Waals surface area contributed by atoms with Crippen molar-refractivity contribution < 1.29 is 4.79 Å². The van der Waals surface area contributed by atoms with Crippen LogP contribution in [0.5, 0.6) is 0 Å². The van der Waals surface area contributed by atoms with Crippen LogP contribution >= 0.6 is 15.9 Å². The number of allylic oxidation sites excluding steroid dienone is 4. The van der Waals surface area contributed by atoms with E-state index in [0.29, 0.717) is 16.5 Å². The van der Waals surface area contributed by atoms with Crippen molar-refractivity contribution >= 4 is 21.7 Å². The van der Waals surface area contributed by atoms with Gasteiger partial charge in [-0.1, -0.05) is 33.7 Å². The molecule has 0 heterocycles. The standard InChI is InChI=1S/C13H15BrO/c14-8-5-6-10-9-3-1-2-4-11(9)13(15)12(10)7-8/h2,4,8-9,11H,1,3,5-7H2. The summed E-state index contributed by atoms with van der Waals surface area (Å²) in [5.74, 6) is 1.20. The fourth-order valence-electron chi connectivity index (χ4n) is 3.28. The number of fused-ring (bicyclic) bond motifs is 2. The number of alkyl halides is 1. The van der Waals surface area contributed by atoms with E-state index in [1.165, 1.54) is 24.0 Å². The lowest BCUT2D eigenvalue weighted by atomic mass is 9.81. The Kier molecular flexibility index (Phi) is 2.35. The molecule has 0 aromatic heterocycles. The number of ketones is 1. The summed E-state index contributed by atoms with van der Waals surface area (Å²) in [5, 5.41) is 0. The second-order valence-electron chi connectivity index (χ2n) is 4.85. The van der Waals surface area contributed by atoms with Crippen molar-refractivity contribution in [2.24, 2.45) is 11.8 Å². The highest BCUT2D eigenvalue weighted by Gasteiger charge is 2.42. The van der Waals surface area contributed by atoms with Crippen molar-refractivity contribution in [1.82, 2.24) is 0 Å². The zero-order chi connectivity index (χ0) is 10.4. The van der Waals surface area contributed by atoms with Crippen LogP contribution in [0.1, 0.15) is 32.1 Å². The van der Waals surface area contributed by atoms with Crippen molar-refractivity contribution in [3.05, 3.63) is 23.3 Å². The van der Waals surface area contributed by atoms with E-state index in [4.69, 9.17) is 0 Å². The third kappa shape index (κ3) is 1.45. The van der Waals surface area contributed by atoms with Gasteiger partial charge in [0.1, 0.15) is 0 Å². The summed E-state index contributed by atoms with van der Waals surface area (Å²) in [5.41, 5.74) is 2.68. The number of hydrogen-bond acceptors (Lipinski definition) is 1. The zero-order valence-corrected chi connectivity index (χ0v) is 10.3. The van der Waals surface area contributed by atoms with Crippen LogP contribution in [0, 0.1) is 11.8 Å². The summed E-state index contributed by atoms with van der Waals surface area (Å²) in [6, 6.07) is 0. The third-order valence-electron chi connectivity index (χ3n) is 4.01. The van der Waals surface area contributed by atoms with Crippen LogP contribution in [0.2, 0.25) is 0 Å². The summed E-state index contributed by atoms with van der Waals surface area (Å²) in [6.07, 6.45) is 10.0. The van der Waals surface area contributed by atoms with E-state index in [1.807, 2.05) is 0 Å². The summed E-state index contributed by atoms with van der Waals surface area (Å²) in [6.45, 7) is 0. The number of carbonyl (C=O) groups is 1. The molecule has 1 nitrogen and oxygen atoms in total. The molecule has 3 atom stereocenters. The van der Waals surface area contributed by atoms with Gasteiger partial charge in [0, 0.05) is 10.7 Å². The molecule has 3 unspecified atom stereocenters. The summed E-state index contributed by atoms with van der Waals surface area (Å²) in [7, 11) is 0. The van der Waals surface area contributed by atoms with Crippen molar-refractivity contribution in [3.63, 3.8) is 0 Å². The van der Waals surface area contributed by atoms with E-state index in [-0.39, 0.29) is 5.92 Å². The highest BCUT2D eigenvalue weighted by atomic mass is 79.9. The Labute approximate surface area is 98.8 Å². The molecular formula is C13H15BrO. The molecule has 0 radical (unpaired) electrons. The Balaban J connectivity index is 1.98. The number of hydrogen-bond donors (Lipinski definition) is 0. The predicted octanol–water partition coefficient (Wildman–Crippen LogP) is 3.40. The average Bonchev–Trinajstić information content (AvgIpc) is 2.54. The number of rotatable bonds is 0. The molecule has 0 saturated heterocycles. The summed E-state index contributed by atoms with van der Waals surface area (Å²) >= 11 is 3.65. The van der Waals surface area contributed by atoms with E-state index in [9.17, 15) is 4.79 Å². The highest BCUT2D eigenvalue weighted by Crippen LogP contribution is 2.47. The predicted molar refractivity (Wildman–Crippen MR) is 64.0 cm³/mol. The maximum Gasteiger partial charge on any atom is 0.166 e. The van der Waals surface area contributed by atoms with E-state index in [0.717, 1.165) is 19.3 Å². The maximum atomic E-state index is 12.2. The van der Waals surface area contributed by atoms with Gasteiger partial charge in [-0.15, -0.1) is 0 Å². The van der Waals surface area contributed by atoms with E-state index in [1.54, 1.807) is 0 Å². The molecule has 15 heavy (non-hydrogen) atoms. The molecule has 3 aliphatic rings. The fourth-order valence-corrected chi connectivity index (χ4v) is 3.83. The number of carbonyl (C=O) groups excluding carboxylic acids is 1. The van der Waals surface area contributed by atoms with Crippen LogP contribution in [0.25, 0.3) is 0 Å². The Bertz CT molecular complexity index is 367. The van der Waals surface area contributed by atoms with Gasteiger partial charge < -0.3 is 0 Å². The van der Waals surface area contributed by atoms with Crippen molar-refractivity contribution in [2.45, 2.75) is 36.9 Å². The van der Waals surface area contributed by atoms with Crippen LogP contribution in [-0.2, 0) is 4.79 Å². The Morgan fingerprint density at radius 3 is 3.07 bits per heavy atom. The molecule has 0 fully saturated rings. The average molecular weight is 267 g/mol. The molecule has 0 spiro atoms. The van der Waals surface area contributed by atoms with Crippen molar-refractivity contribution in [2.75, 3.05) is 0 Å². The molecule has 3 aliphatic carbocycles. The van der Waals surface area contributed by atoms with Crippen LogP contribution < -0.4 is 0 Å². The summed E-state index contributed by atoms with van der Waals surface area (Å²) in [4.78, 5) is 12.7. The Morgan fingerprint density at radius 1 is 1.33 bits per heavy atom. The van der Waals surface area contributed by atoms with Crippen molar-refractivity contribution in [3.8, 4) is 0 Å². The quantitative estimate of drug-likeness (QED) is 0.485. The first-order chi connectivity index (χ1) is 7.27. The molecule has 3 rings (SSSR count). The number of halogens is 1. The second kappa shape index (κ2) is 3.58. The zero-order valence-electron chi connectivity index (χ0n) is 8.71. The molecule has 0 N–H and O–H groups in total. The fraction of sp³-hybridized carbons (Fsp3) is 0.615. The maximum absolute atomic E-state index is 12.2. The minimum Gasteiger partial charge on any atom is -0.294 e. The SMILES string of the molecule is O=C1C2=C(CCC(Br)C2)C2CCC=CC12. The van der Waals surface area contributed by atoms with Gasteiger partial charge in [0.2, 0.25) is 0 Å². The highest BCUT2D eigenvalue weighted by molar-refractivity contribution is 9.09. The van der Waals surface area contributed by atoms with Crippen molar-refractivity contribution in [1.29, 1.82) is 0 Å². The minimum atomic E-state index is 0.210. The van der Waals surface area contributed by atoms with Crippen LogP contribution in [0.15, 0.2) is 23.3 Å². The second-order valence-corrected chi connectivity index (χ2v) is 6.14. The smallest absolute Gasteiger partial charge is 0.166 e. The third-order valence-corrected chi connectivity index (χ3v) is 4.79. The normalized spacial score (nSPS) is 39.3. The van der Waals surface area contributed by atoms with Crippen LogP contribution in [0.4, 0.5) is 0 Å². The lowest BCUT2D eigenvalue weighted by Gasteiger charge is -2.24. The largest absolute Gasteiger partial charge is 0.294 e. The Hall–Kier alpha value is -0.370. The molecule has 0 aromatic carbocycles. The first kappa shape index (κ1) is 9.83. The van der Waals surface area contributed by atoms with Gasteiger partial charge in [-0.05, 0) is 43.6 Å². The number of Topliss-reactive ketones (excluding diaryl/α,β-unsaturated/α-hetero) is 1. The molecule has 0 bridgehead atoms. The minimum absolute atomic E-state index is 0.210.